The fourth-order valence-electron chi connectivity index (χ4n) is 5.91. The number of halogens is 2. The molecule has 0 spiro atoms. The molecular weight excluding hydrogens is 424 g/mol. The Morgan fingerprint density at radius 1 is 0.760 bits per heavy atom. The minimum atomic E-state index is -3.49. The van der Waals surface area contributed by atoms with Crippen LogP contribution in [0.3, 0.4) is 0 Å². The number of aryl methyl sites for hydroxylation is 2. The molecule has 0 nitrogen and oxygen atoms in total. The van der Waals surface area contributed by atoms with Crippen LogP contribution in [0.2, 0.25) is 0 Å². The van der Waals surface area contributed by atoms with E-state index in [1.54, 1.807) is 21.9 Å². The van der Waals surface area contributed by atoms with Crippen LogP contribution in [0.25, 0.3) is 10.9 Å². The Kier molecular flexibility index (Phi) is 2.61. The number of benzene rings is 2. The molecule has 3 aliphatic heterocycles. The van der Waals surface area contributed by atoms with Crippen LogP contribution < -0.4 is 0 Å². The number of rotatable bonds is 0. The Morgan fingerprint density at radius 3 is 1.72 bits per heavy atom. The van der Waals surface area contributed by atoms with E-state index in [9.17, 15) is 0 Å². The summed E-state index contributed by atoms with van der Waals surface area (Å²) in [5, 5.41) is 0. The number of fused-ring (bicyclic) bond motifs is 2. The molecule has 0 aromatic heterocycles. The van der Waals surface area contributed by atoms with Crippen molar-refractivity contribution in [1.82, 2.24) is 0 Å². The third kappa shape index (κ3) is 1.68. The Balaban J connectivity index is 1.56. The Morgan fingerprint density at radius 2 is 1.24 bits per heavy atom. The van der Waals surface area contributed by atoms with Crippen molar-refractivity contribution in [3.63, 3.8) is 0 Å². The summed E-state index contributed by atoms with van der Waals surface area (Å²) in [6.45, 7) is 0. The second-order valence-corrected chi connectivity index (χ2v) is 22.9. The monoisotopic (exact) mass is 436 g/mol. The first kappa shape index (κ1) is 14.6. The second kappa shape index (κ2) is 4.49. The minimum absolute atomic E-state index is 0.370. The van der Waals surface area contributed by atoms with Crippen LogP contribution in [0.15, 0.2) is 47.3 Å². The number of allylic oxidation sites excluding steroid dienone is 2. The third-order valence-electron chi connectivity index (χ3n) is 6.98. The fraction of sp³-hybridized carbons (Fsp3) is 0.200. The molecule has 0 saturated heterocycles. The molecule has 0 radical (unpaired) electrons. The molecule has 2 aromatic rings. The predicted octanol–water partition coefficient (Wildman–Crippen LogP) is 4.29. The van der Waals surface area contributed by atoms with E-state index < -0.39 is 17.9 Å². The fourth-order valence-corrected chi connectivity index (χ4v) is 19.5. The molecule has 3 heterocycles. The van der Waals surface area contributed by atoms with Gasteiger partial charge in [-0.05, 0) is 0 Å². The first-order chi connectivity index (χ1) is 12.2. The van der Waals surface area contributed by atoms with Crippen molar-refractivity contribution < 1.29 is 17.9 Å². The van der Waals surface area contributed by atoms with Crippen molar-refractivity contribution >= 4 is 42.5 Å². The van der Waals surface area contributed by atoms with Gasteiger partial charge in [-0.3, -0.25) is 0 Å². The molecule has 118 valence electrons. The summed E-state index contributed by atoms with van der Waals surface area (Å²) in [4.78, 5) is 0. The van der Waals surface area contributed by atoms with Gasteiger partial charge in [0.25, 0.3) is 0 Å². The van der Waals surface area contributed by atoms with E-state index in [0.717, 1.165) is 27.4 Å². The Labute approximate surface area is 160 Å². The van der Waals surface area contributed by atoms with Crippen LogP contribution in [0.4, 0.5) is 0 Å². The third-order valence-corrected chi connectivity index (χ3v) is 19.2. The second-order valence-electron chi connectivity index (χ2n) is 8.16. The predicted molar refractivity (Wildman–Crippen MR) is 106 cm³/mol. The quantitative estimate of drug-likeness (QED) is 0.539. The molecular formula is C20H14B2Cl2Zr. The van der Waals surface area contributed by atoms with Crippen LogP contribution in [0.5, 0.6) is 0 Å². The summed E-state index contributed by atoms with van der Waals surface area (Å²) >= 11 is -3.49. The van der Waals surface area contributed by atoms with E-state index in [1.807, 2.05) is 0 Å². The zero-order valence-corrected chi connectivity index (χ0v) is 17.7. The molecule has 25 heavy (non-hydrogen) atoms. The number of hydrogen-bond donors (Lipinski definition) is 0. The first-order valence-electron chi connectivity index (χ1n) is 9.22. The van der Waals surface area contributed by atoms with Gasteiger partial charge < -0.3 is 0 Å². The van der Waals surface area contributed by atoms with Crippen molar-refractivity contribution in [2.75, 3.05) is 0 Å². The molecule has 5 heteroatoms. The average molecular weight is 438 g/mol. The molecule has 5 aliphatic rings. The van der Waals surface area contributed by atoms with Gasteiger partial charge in [0.05, 0.1) is 0 Å². The van der Waals surface area contributed by atoms with E-state index in [4.69, 9.17) is 17.0 Å². The van der Waals surface area contributed by atoms with Gasteiger partial charge in [0.2, 0.25) is 0 Å². The van der Waals surface area contributed by atoms with Crippen molar-refractivity contribution in [3.05, 3.63) is 80.7 Å². The molecule has 2 unspecified atom stereocenters. The molecule has 0 fully saturated rings. The van der Waals surface area contributed by atoms with Crippen LogP contribution in [-0.4, -0.2) is 14.6 Å². The van der Waals surface area contributed by atoms with Crippen molar-refractivity contribution in [2.45, 2.75) is 20.1 Å². The zero-order valence-electron chi connectivity index (χ0n) is 13.7. The van der Waals surface area contributed by atoms with Crippen LogP contribution >= 0.6 is 17.0 Å². The maximum absolute atomic E-state index is 7.48. The maximum atomic E-state index is 7.48. The van der Waals surface area contributed by atoms with Gasteiger partial charge in [-0.1, -0.05) is 0 Å². The van der Waals surface area contributed by atoms with Crippen molar-refractivity contribution in [2.24, 2.45) is 0 Å². The molecule has 8 bridgehead atoms. The first-order valence-corrected chi connectivity index (χ1v) is 18.4. The Hall–Kier alpha value is -0.487. The van der Waals surface area contributed by atoms with E-state index >= 15 is 0 Å². The van der Waals surface area contributed by atoms with Gasteiger partial charge >= 0.3 is 161 Å². The topological polar surface area (TPSA) is 0 Å². The number of hydrogen-bond acceptors (Lipinski definition) is 0. The van der Waals surface area contributed by atoms with Gasteiger partial charge in [0.1, 0.15) is 0 Å². The molecule has 7 rings (SSSR count). The summed E-state index contributed by atoms with van der Waals surface area (Å²) in [6, 6.07) is 13.8. The molecule has 2 aromatic carbocycles. The van der Waals surface area contributed by atoms with E-state index in [1.165, 1.54) is 33.4 Å². The van der Waals surface area contributed by atoms with E-state index in [-0.39, 0.29) is 0 Å². The summed E-state index contributed by atoms with van der Waals surface area (Å²) < 4.78 is 0.740. The van der Waals surface area contributed by atoms with E-state index in [2.05, 4.69) is 36.4 Å². The van der Waals surface area contributed by atoms with Crippen LogP contribution in [0.1, 0.15) is 40.6 Å². The standard InChI is InChI=1S/C20H14B2.2ClH.Zr/c1-3-11(17-13(5-1)9-15-19(17)21-15)7-8-12-4-2-6-14-10-16-20(22-16)18(12)14;;;/h1-6,9-10,21-22H,7-8H2;2*1H;/q;;;+2/p-2. The van der Waals surface area contributed by atoms with Crippen molar-refractivity contribution in [1.29, 1.82) is 0 Å². The molecule has 0 amide bonds. The summed E-state index contributed by atoms with van der Waals surface area (Å²) in [7, 11) is 17.3. The van der Waals surface area contributed by atoms with Crippen LogP contribution in [0, 0.1) is 0 Å². The average Bonchev–Trinajstić information content (AvgIpc) is 3.49. The normalized spacial score (nSPS) is 27.9. The zero-order chi connectivity index (χ0) is 16.5. The Bertz CT molecular complexity index is 1010. The summed E-state index contributed by atoms with van der Waals surface area (Å²) in [5.41, 5.74) is 15.4. The van der Waals surface area contributed by atoms with Gasteiger partial charge in [0, 0.05) is 0 Å². The SMILES string of the molecule is [Cl][Zr]1([Cl])[CH]2C3=C(B3)c3c(cccc32)CCc2cccc3c2C2=C(B2)[CH]31. The molecule has 0 N–H and O–H groups in total. The molecule has 2 atom stereocenters. The summed E-state index contributed by atoms with van der Waals surface area (Å²) in [5.74, 6) is 0. The van der Waals surface area contributed by atoms with E-state index in [0.29, 0.717) is 7.25 Å². The van der Waals surface area contributed by atoms with Gasteiger partial charge in [0.15, 0.2) is 0 Å². The van der Waals surface area contributed by atoms with Gasteiger partial charge in [-0.2, -0.15) is 0 Å². The summed E-state index contributed by atoms with van der Waals surface area (Å²) in [6.07, 6.45) is 2.26. The van der Waals surface area contributed by atoms with Gasteiger partial charge in [-0.25, -0.2) is 0 Å². The van der Waals surface area contributed by atoms with Gasteiger partial charge in [-0.15, -0.1) is 0 Å². The van der Waals surface area contributed by atoms with Crippen LogP contribution in [-0.2, 0) is 30.7 Å². The molecule has 2 aliphatic carbocycles. The van der Waals surface area contributed by atoms with Crippen molar-refractivity contribution in [3.8, 4) is 0 Å². The molecule has 0 saturated carbocycles.